The summed E-state index contributed by atoms with van der Waals surface area (Å²) in [6, 6.07) is 5.30. The van der Waals surface area contributed by atoms with E-state index in [2.05, 4.69) is 28.7 Å². The Morgan fingerprint density at radius 2 is 2.10 bits per heavy atom. The number of aromatic amines is 1. The Morgan fingerprint density at radius 1 is 1.35 bits per heavy atom. The number of aromatic nitrogens is 2. The Bertz CT molecular complexity index is 635. The number of hydrogen-bond donors (Lipinski definition) is 2. The maximum atomic E-state index is 11.9. The van der Waals surface area contributed by atoms with E-state index >= 15 is 0 Å². The third kappa shape index (κ3) is 3.27. The van der Waals surface area contributed by atoms with Gasteiger partial charge in [-0.1, -0.05) is 13.8 Å². The molecule has 20 heavy (non-hydrogen) atoms. The normalized spacial score (nSPS) is 11.2. The molecule has 0 aliphatic carbocycles. The predicted octanol–water partition coefficient (Wildman–Crippen LogP) is 1.23. The Labute approximate surface area is 117 Å². The van der Waals surface area contributed by atoms with E-state index in [1.165, 1.54) is 0 Å². The summed E-state index contributed by atoms with van der Waals surface area (Å²) in [6.07, 6.45) is 0. The van der Waals surface area contributed by atoms with Gasteiger partial charge in [-0.25, -0.2) is 0 Å². The zero-order valence-electron chi connectivity index (χ0n) is 11.8. The summed E-state index contributed by atoms with van der Waals surface area (Å²) in [5.41, 5.74) is 6.55. The summed E-state index contributed by atoms with van der Waals surface area (Å²) in [5.74, 6) is 0. The van der Waals surface area contributed by atoms with Crippen LogP contribution >= 0.6 is 0 Å². The van der Waals surface area contributed by atoms with Gasteiger partial charge in [-0.15, -0.1) is 0 Å². The van der Waals surface area contributed by atoms with E-state index in [-0.39, 0.29) is 11.6 Å². The van der Waals surface area contributed by atoms with E-state index in [1.807, 2.05) is 0 Å². The van der Waals surface area contributed by atoms with Gasteiger partial charge in [0.2, 0.25) is 0 Å². The predicted molar refractivity (Wildman–Crippen MR) is 80.1 cm³/mol. The van der Waals surface area contributed by atoms with E-state index < -0.39 is 0 Å². The van der Waals surface area contributed by atoms with Crippen LogP contribution in [-0.4, -0.2) is 41.1 Å². The molecule has 0 bridgehead atoms. The van der Waals surface area contributed by atoms with Crippen LogP contribution in [0.2, 0.25) is 0 Å². The van der Waals surface area contributed by atoms with Gasteiger partial charge in [0.1, 0.15) is 6.61 Å². The van der Waals surface area contributed by atoms with Gasteiger partial charge in [-0.3, -0.25) is 9.78 Å². The smallest absolute Gasteiger partial charge is 0.297 e. The summed E-state index contributed by atoms with van der Waals surface area (Å²) >= 11 is 0. The molecule has 2 aromatic rings. The largest absolute Gasteiger partial charge is 0.463 e. The maximum Gasteiger partial charge on any atom is 0.297 e. The first-order valence-corrected chi connectivity index (χ1v) is 6.78. The summed E-state index contributed by atoms with van der Waals surface area (Å²) < 4.78 is 5.52. The molecule has 1 aromatic heterocycles. The lowest BCUT2D eigenvalue weighted by molar-refractivity contribution is 0.212. The van der Waals surface area contributed by atoms with E-state index in [0.29, 0.717) is 23.2 Å². The van der Waals surface area contributed by atoms with Crippen LogP contribution in [0.15, 0.2) is 23.0 Å². The zero-order valence-corrected chi connectivity index (χ0v) is 11.8. The number of ether oxygens (including phenoxy) is 1. The average molecular weight is 276 g/mol. The molecule has 0 atom stereocenters. The first kappa shape index (κ1) is 14.3. The number of rotatable bonds is 6. The number of hydrogen-bond acceptors (Lipinski definition) is 5. The fourth-order valence-corrected chi connectivity index (χ4v) is 2.01. The quantitative estimate of drug-likeness (QED) is 0.775. The first-order chi connectivity index (χ1) is 9.63. The number of benzene rings is 1. The molecule has 0 saturated carbocycles. The van der Waals surface area contributed by atoms with Crippen molar-refractivity contribution in [2.75, 3.05) is 32.0 Å². The fourth-order valence-electron chi connectivity index (χ4n) is 2.01. The van der Waals surface area contributed by atoms with Crippen LogP contribution < -0.4 is 16.0 Å². The van der Waals surface area contributed by atoms with Crippen LogP contribution in [0.4, 0.5) is 5.69 Å². The molecule has 0 aliphatic rings. The lowest BCUT2D eigenvalue weighted by Crippen LogP contribution is -2.28. The highest BCUT2D eigenvalue weighted by atomic mass is 16.5. The van der Waals surface area contributed by atoms with Crippen molar-refractivity contribution in [2.24, 2.45) is 0 Å². The van der Waals surface area contributed by atoms with E-state index in [4.69, 9.17) is 10.5 Å². The minimum Gasteiger partial charge on any atom is -0.463 e. The summed E-state index contributed by atoms with van der Waals surface area (Å²) in [4.78, 5) is 21.1. The summed E-state index contributed by atoms with van der Waals surface area (Å²) in [5, 5.41) is 0.473. The number of H-pyrrole nitrogens is 1. The monoisotopic (exact) mass is 276 g/mol. The highest BCUT2D eigenvalue weighted by molar-refractivity contribution is 5.81. The molecule has 1 heterocycles. The Kier molecular flexibility index (Phi) is 4.57. The van der Waals surface area contributed by atoms with E-state index in [9.17, 15) is 4.79 Å². The molecule has 6 heteroatoms. The molecule has 108 valence electrons. The molecule has 0 aliphatic heterocycles. The standard InChI is InChI=1S/C14H20N4O2/c1-3-18(4-2)7-8-20-14-16-12-6-5-10(15)9-11(12)13(19)17-14/h5-6,9H,3-4,7-8,15H2,1-2H3,(H,16,17,19). The Balaban J connectivity index is 2.12. The molecule has 6 nitrogen and oxygen atoms in total. The van der Waals surface area contributed by atoms with Crippen LogP contribution in [0.3, 0.4) is 0 Å². The van der Waals surface area contributed by atoms with Crippen molar-refractivity contribution >= 4 is 16.6 Å². The van der Waals surface area contributed by atoms with Gasteiger partial charge >= 0.3 is 0 Å². The molecule has 0 spiro atoms. The van der Waals surface area contributed by atoms with Crippen molar-refractivity contribution in [1.82, 2.24) is 14.9 Å². The summed E-state index contributed by atoms with van der Waals surface area (Å²) in [6.45, 7) is 7.44. The fraction of sp³-hybridized carbons (Fsp3) is 0.429. The molecular formula is C14H20N4O2. The van der Waals surface area contributed by atoms with Crippen molar-refractivity contribution in [3.8, 4) is 6.01 Å². The molecule has 0 amide bonds. The van der Waals surface area contributed by atoms with Crippen molar-refractivity contribution in [1.29, 1.82) is 0 Å². The lowest BCUT2D eigenvalue weighted by atomic mass is 10.2. The number of nitrogens with zero attached hydrogens (tertiary/aromatic N) is 2. The molecule has 0 fully saturated rings. The van der Waals surface area contributed by atoms with Crippen LogP contribution in [0, 0.1) is 0 Å². The highest BCUT2D eigenvalue weighted by Crippen LogP contribution is 2.13. The zero-order chi connectivity index (χ0) is 14.5. The number of likely N-dealkylation sites (N-methyl/N-ethyl adjacent to an activating group) is 1. The van der Waals surface area contributed by atoms with E-state index in [1.54, 1.807) is 18.2 Å². The molecule has 1 aromatic carbocycles. The van der Waals surface area contributed by atoms with Gasteiger partial charge < -0.3 is 15.4 Å². The highest BCUT2D eigenvalue weighted by Gasteiger charge is 2.06. The van der Waals surface area contributed by atoms with Crippen molar-refractivity contribution in [2.45, 2.75) is 13.8 Å². The van der Waals surface area contributed by atoms with Crippen LogP contribution in [0.1, 0.15) is 13.8 Å². The number of nitrogens with two attached hydrogens (primary N) is 1. The Morgan fingerprint density at radius 3 is 2.80 bits per heavy atom. The van der Waals surface area contributed by atoms with Gasteiger partial charge in [-0.05, 0) is 31.3 Å². The third-order valence-corrected chi connectivity index (χ3v) is 3.25. The van der Waals surface area contributed by atoms with E-state index in [0.717, 1.165) is 19.6 Å². The number of nitrogen functional groups attached to an aromatic ring is 1. The lowest BCUT2D eigenvalue weighted by Gasteiger charge is -2.17. The van der Waals surface area contributed by atoms with Crippen LogP contribution in [0.5, 0.6) is 6.01 Å². The minimum absolute atomic E-state index is 0.236. The molecular weight excluding hydrogens is 256 g/mol. The van der Waals surface area contributed by atoms with Crippen LogP contribution in [-0.2, 0) is 0 Å². The minimum atomic E-state index is -0.236. The number of nitrogens with one attached hydrogen (secondary N) is 1. The average Bonchev–Trinajstić information content (AvgIpc) is 2.44. The first-order valence-electron chi connectivity index (χ1n) is 6.78. The molecule has 3 N–H and O–H groups in total. The molecule has 0 unspecified atom stereocenters. The van der Waals surface area contributed by atoms with Gasteiger partial charge in [0.15, 0.2) is 0 Å². The Hall–Kier alpha value is -2.08. The topological polar surface area (TPSA) is 84.2 Å². The van der Waals surface area contributed by atoms with Crippen molar-refractivity contribution in [3.63, 3.8) is 0 Å². The van der Waals surface area contributed by atoms with Gasteiger partial charge in [0.25, 0.3) is 11.6 Å². The second-order valence-corrected chi connectivity index (χ2v) is 4.52. The SMILES string of the molecule is CCN(CC)CCOc1nc2ccc(N)cc2c(=O)[nH]1. The third-order valence-electron chi connectivity index (χ3n) is 3.25. The number of fused-ring (bicyclic) bond motifs is 1. The second-order valence-electron chi connectivity index (χ2n) is 4.52. The van der Waals surface area contributed by atoms with Gasteiger partial charge in [0.05, 0.1) is 10.9 Å². The van der Waals surface area contributed by atoms with Crippen molar-refractivity contribution < 1.29 is 4.74 Å². The molecule has 2 rings (SSSR count). The number of anilines is 1. The molecule has 0 saturated heterocycles. The maximum absolute atomic E-state index is 11.9. The molecule has 0 radical (unpaired) electrons. The second kappa shape index (κ2) is 6.38. The van der Waals surface area contributed by atoms with Gasteiger partial charge in [0, 0.05) is 12.2 Å². The van der Waals surface area contributed by atoms with Crippen LogP contribution in [0.25, 0.3) is 10.9 Å². The van der Waals surface area contributed by atoms with Gasteiger partial charge in [-0.2, -0.15) is 4.98 Å². The van der Waals surface area contributed by atoms with Crippen molar-refractivity contribution in [3.05, 3.63) is 28.6 Å². The summed E-state index contributed by atoms with van der Waals surface area (Å²) in [7, 11) is 0.